The predicted octanol–water partition coefficient (Wildman–Crippen LogP) is 3.81. The maximum absolute atomic E-state index is 8.92. The Bertz CT molecular complexity index is 677. The molecular weight excluding hydrogens is 323 g/mol. The van der Waals surface area contributed by atoms with Crippen molar-refractivity contribution in [3.05, 3.63) is 40.0 Å². The molecule has 7 heteroatoms. The van der Waals surface area contributed by atoms with E-state index in [0.29, 0.717) is 34.3 Å². The van der Waals surface area contributed by atoms with Gasteiger partial charge in [-0.25, -0.2) is 4.98 Å². The van der Waals surface area contributed by atoms with Crippen molar-refractivity contribution >= 4 is 40.7 Å². The van der Waals surface area contributed by atoms with Gasteiger partial charge in [0.15, 0.2) is 0 Å². The Balaban J connectivity index is 1.86. The first kappa shape index (κ1) is 15.3. The van der Waals surface area contributed by atoms with Crippen molar-refractivity contribution < 1.29 is 5.11 Å². The van der Waals surface area contributed by atoms with Crippen LogP contribution in [0.25, 0.3) is 0 Å². The van der Waals surface area contributed by atoms with Gasteiger partial charge in [0.1, 0.15) is 5.82 Å². The number of benzene rings is 1. The molecule has 0 atom stereocenters. The third kappa shape index (κ3) is 3.80. The third-order valence-electron chi connectivity index (χ3n) is 3.33. The number of aromatic nitrogens is 2. The predicted molar refractivity (Wildman–Crippen MR) is 89.3 cm³/mol. The van der Waals surface area contributed by atoms with Crippen molar-refractivity contribution in [1.29, 1.82) is 0 Å². The molecule has 0 spiro atoms. The van der Waals surface area contributed by atoms with Crippen molar-refractivity contribution in [2.45, 2.75) is 18.8 Å². The van der Waals surface area contributed by atoms with Gasteiger partial charge in [-0.2, -0.15) is 4.98 Å². The van der Waals surface area contributed by atoms with Gasteiger partial charge in [0, 0.05) is 23.6 Å². The van der Waals surface area contributed by atoms with Crippen LogP contribution in [0.2, 0.25) is 10.0 Å². The molecular formula is C15H16Cl2N4O. The van der Waals surface area contributed by atoms with Gasteiger partial charge in [0.2, 0.25) is 5.95 Å². The molecule has 22 heavy (non-hydrogen) atoms. The molecule has 0 aliphatic heterocycles. The smallest absolute Gasteiger partial charge is 0.224 e. The van der Waals surface area contributed by atoms with Crippen molar-refractivity contribution in [3.8, 4) is 0 Å². The lowest BCUT2D eigenvalue weighted by Crippen LogP contribution is -2.10. The monoisotopic (exact) mass is 338 g/mol. The lowest BCUT2D eigenvalue weighted by Gasteiger charge is -2.11. The first-order valence-electron chi connectivity index (χ1n) is 7.11. The fourth-order valence-corrected chi connectivity index (χ4v) is 2.55. The minimum atomic E-state index is 0.0305. The Labute approximate surface area is 138 Å². The Hall–Kier alpha value is -1.56. The zero-order valence-electron chi connectivity index (χ0n) is 11.8. The second-order valence-corrected chi connectivity index (χ2v) is 6.02. The molecule has 3 rings (SSSR count). The number of halogens is 2. The van der Waals surface area contributed by atoms with Gasteiger partial charge < -0.3 is 15.7 Å². The van der Waals surface area contributed by atoms with Gasteiger partial charge in [-0.3, -0.25) is 0 Å². The topological polar surface area (TPSA) is 70.1 Å². The minimum absolute atomic E-state index is 0.0305. The molecule has 1 aromatic carbocycles. The summed E-state index contributed by atoms with van der Waals surface area (Å²) in [6.07, 6.45) is 2.30. The molecule has 1 saturated carbocycles. The first-order valence-corrected chi connectivity index (χ1v) is 7.87. The highest BCUT2D eigenvalue weighted by Crippen LogP contribution is 2.40. The van der Waals surface area contributed by atoms with Crippen LogP contribution >= 0.6 is 23.2 Å². The van der Waals surface area contributed by atoms with E-state index in [1.807, 2.05) is 12.1 Å². The number of hydrogen-bond acceptors (Lipinski definition) is 5. The van der Waals surface area contributed by atoms with E-state index in [2.05, 4.69) is 20.6 Å². The summed E-state index contributed by atoms with van der Waals surface area (Å²) in [6, 6.07) is 7.19. The number of rotatable bonds is 6. The highest BCUT2D eigenvalue weighted by molar-refractivity contribution is 6.36. The van der Waals surface area contributed by atoms with E-state index in [1.54, 1.807) is 12.1 Å². The van der Waals surface area contributed by atoms with E-state index in [0.717, 1.165) is 24.2 Å². The zero-order valence-corrected chi connectivity index (χ0v) is 13.3. The minimum Gasteiger partial charge on any atom is -0.395 e. The normalized spacial score (nSPS) is 14.0. The fourth-order valence-electron chi connectivity index (χ4n) is 2.09. The summed E-state index contributed by atoms with van der Waals surface area (Å²) in [7, 11) is 0. The summed E-state index contributed by atoms with van der Waals surface area (Å²) < 4.78 is 0. The van der Waals surface area contributed by atoms with E-state index >= 15 is 0 Å². The number of nitrogens with one attached hydrogen (secondary N) is 2. The molecule has 0 radical (unpaired) electrons. The summed E-state index contributed by atoms with van der Waals surface area (Å²) in [4.78, 5) is 8.89. The van der Waals surface area contributed by atoms with Gasteiger partial charge in [-0.15, -0.1) is 0 Å². The molecule has 1 aliphatic rings. The average Bonchev–Trinajstić information content (AvgIpc) is 3.33. The SMILES string of the molecule is OCCNc1nc(Nc2ccc(Cl)cc2Cl)cc(C2CC2)n1. The summed E-state index contributed by atoms with van der Waals surface area (Å²) >= 11 is 12.1. The van der Waals surface area contributed by atoms with E-state index < -0.39 is 0 Å². The van der Waals surface area contributed by atoms with Gasteiger partial charge in [0.25, 0.3) is 0 Å². The van der Waals surface area contributed by atoms with Crippen molar-refractivity contribution in [1.82, 2.24) is 9.97 Å². The largest absolute Gasteiger partial charge is 0.395 e. The van der Waals surface area contributed by atoms with Gasteiger partial charge in [0.05, 0.1) is 23.0 Å². The van der Waals surface area contributed by atoms with Crippen molar-refractivity contribution in [2.75, 3.05) is 23.8 Å². The number of aliphatic hydroxyl groups is 1. The molecule has 2 aromatic rings. The highest BCUT2D eigenvalue weighted by Gasteiger charge is 2.26. The summed E-state index contributed by atoms with van der Waals surface area (Å²) in [6.45, 7) is 0.443. The van der Waals surface area contributed by atoms with Crippen LogP contribution in [0.4, 0.5) is 17.5 Å². The number of hydrogen-bond donors (Lipinski definition) is 3. The molecule has 0 bridgehead atoms. The van der Waals surface area contributed by atoms with Gasteiger partial charge in [-0.1, -0.05) is 23.2 Å². The van der Waals surface area contributed by atoms with Crippen LogP contribution in [0.3, 0.4) is 0 Å². The van der Waals surface area contributed by atoms with Gasteiger partial charge in [-0.05, 0) is 31.0 Å². The van der Waals surface area contributed by atoms with Crippen molar-refractivity contribution in [3.63, 3.8) is 0 Å². The van der Waals surface area contributed by atoms with Crippen LogP contribution in [-0.4, -0.2) is 28.2 Å². The van der Waals surface area contributed by atoms with E-state index in [-0.39, 0.29) is 6.61 Å². The van der Waals surface area contributed by atoms with Gasteiger partial charge >= 0.3 is 0 Å². The molecule has 0 amide bonds. The Kier molecular flexibility index (Phi) is 4.66. The van der Waals surface area contributed by atoms with Crippen LogP contribution < -0.4 is 10.6 Å². The Morgan fingerprint density at radius 2 is 2.00 bits per heavy atom. The maximum Gasteiger partial charge on any atom is 0.224 e. The molecule has 1 aliphatic carbocycles. The van der Waals surface area contributed by atoms with Crippen LogP contribution in [0, 0.1) is 0 Å². The standard InChI is InChI=1S/C15H16Cl2N4O/c16-10-3-4-12(11(17)7-10)19-14-8-13(9-1-2-9)20-15(21-14)18-5-6-22/h3-4,7-9,22H,1-2,5-6H2,(H2,18,19,20,21). The molecule has 0 saturated heterocycles. The summed E-state index contributed by atoms with van der Waals surface area (Å²) in [5.74, 6) is 1.67. The molecule has 0 unspecified atom stereocenters. The average molecular weight is 339 g/mol. The molecule has 1 heterocycles. The highest BCUT2D eigenvalue weighted by atomic mass is 35.5. The quantitative estimate of drug-likeness (QED) is 0.747. The van der Waals surface area contributed by atoms with E-state index in [1.165, 1.54) is 0 Å². The summed E-state index contributed by atoms with van der Waals surface area (Å²) in [5, 5.41) is 16.2. The van der Waals surface area contributed by atoms with Crippen LogP contribution in [-0.2, 0) is 0 Å². The second kappa shape index (κ2) is 6.69. The molecule has 116 valence electrons. The lowest BCUT2D eigenvalue weighted by atomic mass is 10.2. The maximum atomic E-state index is 8.92. The zero-order chi connectivity index (χ0) is 15.5. The van der Waals surface area contributed by atoms with Crippen LogP contribution in [0.15, 0.2) is 24.3 Å². The molecule has 3 N–H and O–H groups in total. The lowest BCUT2D eigenvalue weighted by molar-refractivity contribution is 0.311. The van der Waals surface area contributed by atoms with E-state index in [4.69, 9.17) is 28.3 Å². The Morgan fingerprint density at radius 1 is 1.18 bits per heavy atom. The van der Waals surface area contributed by atoms with Crippen LogP contribution in [0.5, 0.6) is 0 Å². The number of anilines is 3. The number of aliphatic hydroxyl groups excluding tert-OH is 1. The molecule has 1 fully saturated rings. The first-order chi connectivity index (χ1) is 10.7. The Morgan fingerprint density at radius 3 is 2.68 bits per heavy atom. The molecule has 5 nitrogen and oxygen atoms in total. The number of nitrogens with zero attached hydrogens (tertiary/aromatic N) is 2. The van der Waals surface area contributed by atoms with E-state index in [9.17, 15) is 0 Å². The third-order valence-corrected chi connectivity index (χ3v) is 3.88. The fraction of sp³-hybridized carbons (Fsp3) is 0.333. The van der Waals surface area contributed by atoms with Crippen LogP contribution in [0.1, 0.15) is 24.5 Å². The van der Waals surface area contributed by atoms with Crippen molar-refractivity contribution in [2.24, 2.45) is 0 Å². The summed E-state index contributed by atoms with van der Waals surface area (Å²) in [5.41, 5.74) is 1.74. The molecule has 1 aromatic heterocycles. The second-order valence-electron chi connectivity index (χ2n) is 5.18.